The SMILES string of the molecule is CC(C)CCOCCNCc1ccc(CC(=O)O)s1. The minimum absolute atomic E-state index is 0.114. The van der Waals surface area contributed by atoms with E-state index in [1.54, 1.807) is 11.3 Å². The number of aliphatic carboxylic acids is 1. The molecule has 5 heteroatoms. The van der Waals surface area contributed by atoms with Crippen LogP contribution in [0.5, 0.6) is 0 Å². The Labute approximate surface area is 118 Å². The summed E-state index contributed by atoms with van der Waals surface area (Å²) in [5.41, 5.74) is 0. The van der Waals surface area contributed by atoms with Crippen LogP contribution in [0.1, 0.15) is 30.0 Å². The number of ether oxygens (including phenoxy) is 1. The predicted octanol–water partition coefficient (Wildman–Crippen LogP) is 2.53. The zero-order valence-electron chi connectivity index (χ0n) is 11.6. The molecule has 0 amide bonds. The molecule has 1 heterocycles. The van der Waals surface area contributed by atoms with Crippen LogP contribution in [0, 0.1) is 5.92 Å². The van der Waals surface area contributed by atoms with Gasteiger partial charge in [-0.25, -0.2) is 0 Å². The van der Waals surface area contributed by atoms with E-state index < -0.39 is 5.97 Å². The molecule has 0 fully saturated rings. The predicted molar refractivity (Wildman–Crippen MR) is 77.6 cm³/mol. The van der Waals surface area contributed by atoms with Crippen LogP contribution in [0.2, 0.25) is 0 Å². The van der Waals surface area contributed by atoms with Gasteiger partial charge in [-0.05, 0) is 24.5 Å². The third-order valence-electron chi connectivity index (χ3n) is 2.60. The Kier molecular flexibility index (Phi) is 7.70. The molecular weight excluding hydrogens is 262 g/mol. The fourth-order valence-corrected chi connectivity index (χ4v) is 2.52. The van der Waals surface area contributed by atoms with Crippen LogP contribution >= 0.6 is 11.3 Å². The number of thiophene rings is 1. The second kappa shape index (κ2) is 9.07. The smallest absolute Gasteiger partial charge is 0.308 e. The average Bonchev–Trinajstić information content (AvgIpc) is 2.74. The largest absolute Gasteiger partial charge is 0.481 e. The summed E-state index contributed by atoms with van der Waals surface area (Å²) >= 11 is 1.55. The van der Waals surface area contributed by atoms with Gasteiger partial charge in [0.1, 0.15) is 0 Å². The Morgan fingerprint density at radius 2 is 2.11 bits per heavy atom. The summed E-state index contributed by atoms with van der Waals surface area (Å²) in [4.78, 5) is 12.6. The van der Waals surface area contributed by atoms with Crippen LogP contribution in [0.3, 0.4) is 0 Å². The van der Waals surface area contributed by atoms with Crippen molar-refractivity contribution in [3.8, 4) is 0 Å². The van der Waals surface area contributed by atoms with Crippen LogP contribution in [-0.4, -0.2) is 30.8 Å². The number of hydrogen-bond donors (Lipinski definition) is 2. The van der Waals surface area contributed by atoms with Crippen molar-refractivity contribution in [1.29, 1.82) is 0 Å². The topological polar surface area (TPSA) is 58.6 Å². The maximum Gasteiger partial charge on any atom is 0.308 e. The standard InChI is InChI=1S/C14H23NO3S/c1-11(2)5-7-18-8-6-15-10-13-4-3-12(19-13)9-14(16)17/h3-4,11,15H,5-10H2,1-2H3,(H,16,17). The van der Waals surface area contributed by atoms with Gasteiger partial charge in [0.15, 0.2) is 0 Å². The fraction of sp³-hybridized carbons (Fsp3) is 0.643. The molecule has 0 unspecified atom stereocenters. The van der Waals surface area contributed by atoms with Gasteiger partial charge in [-0.15, -0.1) is 11.3 Å². The van der Waals surface area contributed by atoms with Gasteiger partial charge in [-0.2, -0.15) is 0 Å². The number of carboxylic acid groups (broad SMARTS) is 1. The molecule has 108 valence electrons. The van der Waals surface area contributed by atoms with E-state index in [-0.39, 0.29) is 6.42 Å². The summed E-state index contributed by atoms with van der Waals surface area (Å²) in [6.07, 6.45) is 1.21. The van der Waals surface area contributed by atoms with Crippen molar-refractivity contribution in [3.05, 3.63) is 21.9 Å². The minimum Gasteiger partial charge on any atom is -0.481 e. The molecule has 0 aromatic carbocycles. The summed E-state index contributed by atoms with van der Waals surface area (Å²) in [5, 5.41) is 12.0. The minimum atomic E-state index is -0.778. The lowest BCUT2D eigenvalue weighted by Gasteiger charge is -2.06. The van der Waals surface area contributed by atoms with Crippen molar-refractivity contribution >= 4 is 17.3 Å². The first-order valence-electron chi connectivity index (χ1n) is 6.65. The van der Waals surface area contributed by atoms with Crippen LogP contribution in [-0.2, 0) is 22.5 Å². The number of carbonyl (C=O) groups is 1. The van der Waals surface area contributed by atoms with E-state index in [1.165, 1.54) is 4.88 Å². The van der Waals surface area contributed by atoms with E-state index in [1.807, 2.05) is 12.1 Å². The molecule has 0 atom stereocenters. The van der Waals surface area contributed by atoms with E-state index in [0.717, 1.165) is 37.6 Å². The number of nitrogens with one attached hydrogen (secondary N) is 1. The molecule has 0 spiro atoms. The molecule has 4 nitrogen and oxygen atoms in total. The molecule has 0 saturated heterocycles. The first-order chi connectivity index (χ1) is 9.08. The highest BCUT2D eigenvalue weighted by atomic mass is 32.1. The van der Waals surface area contributed by atoms with Crippen molar-refractivity contribution in [3.63, 3.8) is 0 Å². The summed E-state index contributed by atoms with van der Waals surface area (Å²) in [5.74, 6) is -0.0911. The zero-order chi connectivity index (χ0) is 14.1. The Balaban J connectivity index is 2.06. The van der Waals surface area contributed by atoms with Crippen LogP contribution < -0.4 is 5.32 Å². The third kappa shape index (κ3) is 7.97. The monoisotopic (exact) mass is 285 g/mol. The molecule has 0 radical (unpaired) electrons. The first kappa shape index (κ1) is 16.1. The second-order valence-electron chi connectivity index (χ2n) is 4.91. The van der Waals surface area contributed by atoms with Gasteiger partial charge in [-0.1, -0.05) is 13.8 Å². The van der Waals surface area contributed by atoms with Crippen LogP contribution in [0.25, 0.3) is 0 Å². The molecule has 0 aliphatic carbocycles. The Morgan fingerprint density at radius 3 is 2.79 bits per heavy atom. The van der Waals surface area contributed by atoms with Gasteiger partial charge >= 0.3 is 5.97 Å². The molecular formula is C14H23NO3S. The lowest BCUT2D eigenvalue weighted by molar-refractivity contribution is -0.136. The average molecular weight is 285 g/mol. The number of rotatable bonds is 10. The maximum absolute atomic E-state index is 10.6. The molecule has 1 aromatic rings. The van der Waals surface area contributed by atoms with Crippen molar-refractivity contribution in [2.75, 3.05) is 19.8 Å². The van der Waals surface area contributed by atoms with Gasteiger partial charge < -0.3 is 15.2 Å². The maximum atomic E-state index is 10.6. The van der Waals surface area contributed by atoms with E-state index >= 15 is 0 Å². The number of hydrogen-bond acceptors (Lipinski definition) is 4. The van der Waals surface area contributed by atoms with E-state index in [4.69, 9.17) is 9.84 Å². The van der Waals surface area contributed by atoms with Gasteiger partial charge in [0.05, 0.1) is 13.0 Å². The van der Waals surface area contributed by atoms with Crippen molar-refractivity contribution in [1.82, 2.24) is 5.32 Å². The molecule has 1 aromatic heterocycles. The zero-order valence-corrected chi connectivity index (χ0v) is 12.5. The summed E-state index contributed by atoms with van der Waals surface area (Å²) in [6.45, 7) is 7.52. The van der Waals surface area contributed by atoms with Crippen molar-refractivity contribution in [2.24, 2.45) is 5.92 Å². The highest BCUT2D eigenvalue weighted by Crippen LogP contribution is 2.16. The molecule has 2 N–H and O–H groups in total. The van der Waals surface area contributed by atoms with E-state index in [2.05, 4.69) is 19.2 Å². The van der Waals surface area contributed by atoms with Crippen molar-refractivity contribution < 1.29 is 14.6 Å². The summed E-state index contributed by atoms with van der Waals surface area (Å²) < 4.78 is 5.50. The Bertz CT molecular complexity index is 377. The van der Waals surface area contributed by atoms with Crippen LogP contribution in [0.4, 0.5) is 0 Å². The molecule has 0 bridgehead atoms. The third-order valence-corrected chi connectivity index (χ3v) is 3.69. The lowest BCUT2D eigenvalue weighted by Crippen LogP contribution is -2.19. The number of carboxylic acids is 1. The van der Waals surface area contributed by atoms with Gasteiger partial charge in [0, 0.05) is 29.5 Å². The molecule has 0 aliphatic heterocycles. The molecule has 0 aliphatic rings. The van der Waals surface area contributed by atoms with E-state index in [9.17, 15) is 4.79 Å². The van der Waals surface area contributed by atoms with Gasteiger partial charge in [-0.3, -0.25) is 4.79 Å². The fourth-order valence-electron chi connectivity index (χ4n) is 1.54. The summed E-state index contributed by atoms with van der Waals surface area (Å²) in [7, 11) is 0. The van der Waals surface area contributed by atoms with E-state index in [0.29, 0.717) is 5.92 Å². The first-order valence-corrected chi connectivity index (χ1v) is 7.47. The highest BCUT2D eigenvalue weighted by Gasteiger charge is 2.04. The van der Waals surface area contributed by atoms with Gasteiger partial charge in [0.25, 0.3) is 0 Å². The molecule has 1 rings (SSSR count). The quantitative estimate of drug-likeness (QED) is 0.649. The highest BCUT2D eigenvalue weighted by molar-refractivity contribution is 7.12. The lowest BCUT2D eigenvalue weighted by atomic mass is 10.1. The van der Waals surface area contributed by atoms with Crippen molar-refractivity contribution in [2.45, 2.75) is 33.2 Å². The van der Waals surface area contributed by atoms with Crippen LogP contribution in [0.15, 0.2) is 12.1 Å². The second-order valence-corrected chi connectivity index (χ2v) is 6.16. The Morgan fingerprint density at radius 1 is 1.37 bits per heavy atom. The normalized spacial score (nSPS) is 11.1. The Hall–Kier alpha value is -0.910. The summed E-state index contributed by atoms with van der Waals surface area (Å²) in [6, 6.07) is 3.87. The van der Waals surface area contributed by atoms with Gasteiger partial charge in [0.2, 0.25) is 0 Å². The molecule has 0 saturated carbocycles. The molecule has 19 heavy (non-hydrogen) atoms.